The van der Waals surface area contributed by atoms with E-state index in [1.165, 1.54) is 0 Å². The topological polar surface area (TPSA) is 49.6 Å². The van der Waals surface area contributed by atoms with Gasteiger partial charge in [0.25, 0.3) is 0 Å². The highest BCUT2D eigenvalue weighted by Gasteiger charge is 2.12. The van der Waals surface area contributed by atoms with Gasteiger partial charge < -0.3 is 15.5 Å². The van der Waals surface area contributed by atoms with E-state index in [4.69, 9.17) is 17.3 Å². The Balaban J connectivity index is 2.68. The Labute approximate surface area is 113 Å². The molecule has 100 valence electrons. The predicted molar refractivity (Wildman–Crippen MR) is 74.5 cm³/mol. The molecule has 0 heterocycles. The maximum Gasteiger partial charge on any atom is 0.236 e. The molecular weight excluding hydrogens is 250 g/mol. The zero-order valence-electron chi connectivity index (χ0n) is 10.9. The van der Waals surface area contributed by atoms with E-state index in [0.29, 0.717) is 18.1 Å². The van der Waals surface area contributed by atoms with E-state index in [2.05, 4.69) is 0 Å². The van der Waals surface area contributed by atoms with E-state index in [1.54, 1.807) is 4.90 Å². The number of hydrogen-bond donors (Lipinski definition) is 1. The summed E-state index contributed by atoms with van der Waals surface area (Å²) < 4.78 is 0. The molecule has 2 N–H and O–H groups in total. The Morgan fingerprint density at radius 1 is 1.33 bits per heavy atom. The number of carbonyl (C=O) groups excluding carboxylic acids is 1. The number of hydrogen-bond acceptors (Lipinski definition) is 3. The van der Waals surface area contributed by atoms with E-state index in [1.807, 2.05) is 43.3 Å². The highest BCUT2D eigenvalue weighted by atomic mass is 35.5. The third-order valence-electron chi connectivity index (χ3n) is 2.61. The fraction of sp³-hybridized carbons (Fsp3) is 0.462. The molecule has 1 rings (SSSR count). The number of nitrogens with zero attached hydrogens (tertiary/aromatic N) is 2. The first-order valence-corrected chi connectivity index (χ1v) is 6.27. The number of likely N-dealkylation sites (N-methyl/N-ethyl adjacent to an activating group) is 1. The zero-order chi connectivity index (χ0) is 13.5. The number of carbonyl (C=O) groups is 1. The van der Waals surface area contributed by atoms with E-state index in [0.717, 1.165) is 12.1 Å². The lowest BCUT2D eigenvalue weighted by Crippen LogP contribution is -2.39. The van der Waals surface area contributed by atoms with Crippen molar-refractivity contribution in [2.75, 3.05) is 33.7 Å². The van der Waals surface area contributed by atoms with Gasteiger partial charge in [0, 0.05) is 24.7 Å². The van der Waals surface area contributed by atoms with Crippen molar-refractivity contribution in [1.29, 1.82) is 0 Å². The summed E-state index contributed by atoms with van der Waals surface area (Å²) in [4.78, 5) is 15.6. The molecule has 1 amide bonds. The van der Waals surface area contributed by atoms with Gasteiger partial charge in [0.1, 0.15) is 0 Å². The molecule has 5 heteroatoms. The van der Waals surface area contributed by atoms with E-state index in [9.17, 15) is 4.79 Å². The van der Waals surface area contributed by atoms with Crippen LogP contribution in [0.15, 0.2) is 24.3 Å². The van der Waals surface area contributed by atoms with Crippen LogP contribution in [0.2, 0.25) is 5.02 Å². The fourth-order valence-electron chi connectivity index (χ4n) is 1.60. The van der Waals surface area contributed by atoms with Crippen molar-refractivity contribution >= 4 is 17.5 Å². The molecule has 0 atom stereocenters. The third kappa shape index (κ3) is 5.04. The highest BCUT2D eigenvalue weighted by molar-refractivity contribution is 6.30. The first kappa shape index (κ1) is 15.0. The normalized spacial score (nSPS) is 10.7. The zero-order valence-corrected chi connectivity index (χ0v) is 11.7. The van der Waals surface area contributed by atoms with Crippen LogP contribution in [0.3, 0.4) is 0 Å². The summed E-state index contributed by atoms with van der Waals surface area (Å²) in [6.45, 7) is 2.06. The molecule has 0 bridgehead atoms. The van der Waals surface area contributed by atoms with E-state index in [-0.39, 0.29) is 12.5 Å². The van der Waals surface area contributed by atoms with Crippen LogP contribution in [0.4, 0.5) is 0 Å². The maximum absolute atomic E-state index is 11.8. The van der Waals surface area contributed by atoms with Crippen LogP contribution in [0.1, 0.15) is 5.56 Å². The summed E-state index contributed by atoms with van der Waals surface area (Å²) >= 11 is 5.93. The quantitative estimate of drug-likeness (QED) is 0.844. The number of nitrogens with two attached hydrogens (primary N) is 1. The Hall–Kier alpha value is -1.10. The van der Waals surface area contributed by atoms with Crippen molar-refractivity contribution in [3.63, 3.8) is 0 Å². The van der Waals surface area contributed by atoms with Gasteiger partial charge in [-0.15, -0.1) is 0 Å². The second-order valence-corrected chi connectivity index (χ2v) is 4.89. The first-order valence-electron chi connectivity index (χ1n) is 5.90. The molecule has 0 saturated carbocycles. The number of halogens is 1. The van der Waals surface area contributed by atoms with Gasteiger partial charge in [-0.3, -0.25) is 4.79 Å². The minimum absolute atomic E-state index is 0.0357. The lowest BCUT2D eigenvalue weighted by Gasteiger charge is -2.24. The maximum atomic E-state index is 11.8. The largest absolute Gasteiger partial charge is 0.336 e. The first-order chi connectivity index (χ1) is 8.52. The number of rotatable bonds is 6. The molecule has 0 aliphatic heterocycles. The minimum atomic E-state index is -0.0446. The van der Waals surface area contributed by atoms with Gasteiger partial charge in [0.05, 0.1) is 6.54 Å². The van der Waals surface area contributed by atoms with Crippen molar-refractivity contribution in [2.24, 2.45) is 5.73 Å². The summed E-state index contributed by atoms with van der Waals surface area (Å²) in [5, 5.41) is 0.681. The summed E-state index contributed by atoms with van der Waals surface area (Å²) in [5.41, 5.74) is 6.45. The Kier molecular flexibility index (Phi) is 6.12. The standard InChI is InChI=1S/C13H20ClN3O/c1-16(2)6-7-17(13(18)9-15)10-11-4-3-5-12(14)8-11/h3-5,8H,6-7,9-10,15H2,1-2H3. The van der Waals surface area contributed by atoms with Crippen LogP contribution < -0.4 is 5.73 Å². The second kappa shape index (κ2) is 7.36. The van der Waals surface area contributed by atoms with Gasteiger partial charge in [-0.1, -0.05) is 23.7 Å². The fourth-order valence-corrected chi connectivity index (χ4v) is 1.81. The number of benzene rings is 1. The predicted octanol–water partition coefficient (Wildman–Crippen LogP) is 1.19. The van der Waals surface area contributed by atoms with Crippen LogP contribution >= 0.6 is 11.6 Å². The summed E-state index contributed by atoms with van der Waals surface area (Å²) in [6, 6.07) is 7.53. The molecule has 4 nitrogen and oxygen atoms in total. The molecule has 0 aliphatic carbocycles. The van der Waals surface area contributed by atoms with Crippen molar-refractivity contribution < 1.29 is 4.79 Å². The summed E-state index contributed by atoms with van der Waals surface area (Å²) in [5.74, 6) is -0.0446. The Morgan fingerprint density at radius 3 is 2.61 bits per heavy atom. The molecule has 18 heavy (non-hydrogen) atoms. The van der Waals surface area contributed by atoms with E-state index >= 15 is 0 Å². The lowest BCUT2D eigenvalue weighted by molar-refractivity contribution is -0.130. The molecular formula is C13H20ClN3O. The van der Waals surface area contributed by atoms with Gasteiger partial charge >= 0.3 is 0 Å². The molecule has 0 spiro atoms. The third-order valence-corrected chi connectivity index (χ3v) is 2.84. The van der Waals surface area contributed by atoms with Gasteiger partial charge in [0.15, 0.2) is 0 Å². The molecule has 0 fully saturated rings. The monoisotopic (exact) mass is 269 g/mol. The molecule has 0 aromatic heterocycles. The van der Waals surface area contributed by atoms with Crippen LogP contribution in [-0.4, -0.2) is 49.4 Å². The van der Waals surface area contributed by atoms with Gasteiger partial charge in [0.2, 0.25) is 5.91 Å². The average molecular weight is 270 g/mol. The van der Waals surface area contributed by atoms with E-state index < -0.39 is 0 Å². The lowest BCUT2D eigenvalue weighted by atomic mass is 10.2. The highest BCUT2D eigenvalue weighted by Crippen LogP contribution is 2.12. The molecule has 0 unspecified atom stereocenters. The molecule has 1 aromatic carbocycles. The van der Waals surface area contributed by atoms with Crippen molar-refractivity contribution in [1.82, 2.24) is 9.80 Å². The van der Waals surface area contributed by atoms with Crippen LogP contribution in [0, 0.1) is 0 Å². The van der Waals surface area contributed by atoms with Gasteiger partial charge in [-0.2, -0.15) is 0 Å². The van der Waals surface area contributed by atoms with Gasteiger partial charge in [-0.25, -0.2) is 0 Å². The van der Waals surface area contributed by atoms with Crippen LogP contribution in [-0.2, 0) is 11.3 Å². The number of amides is 1. The Morgan fingerprint density at radius 2 is 2.06 bits per heavy atom. The molecule has 0 radical (unpaired) electrons. The van der Waals surface area contributed by atoms with Crippen molar-refractivity contribution in [3.05, 3.63) is 34.9 Å². The molecule has 0 saturated heterocycles. The molecule has 0 aliphatic rings. The average Bonchev–Trinajstić information content (AvgIpc) is 2.33. The summed E-state index contributed by atoms with van der Waals surface area (Å²) in [6.07, 6.45) is 0. The van der Waals surface area contributed by atoms with Crippen LogP contribution in [0.25, 0.3) is 0 Å². The van der Waals surface area contributed by atoms with Gasteiger partial charge in [-0.05, 0) is 31.8 Å². The SMILES string of the molecule is CN(C)CCN(Cc1cccc(Cl)c1)C(=O)CN. The second-order valence-electron chi connectivity index (χ2n) is 4.45. The minimum Gasteiger partial charge on any atom is -0.336 e. The summed E-state index contributed by atoms with van der Waals surface area (Å²) in [7, 11) is 3.95. The van der Waals surface area contributed by atoms with Crippen molar-refractivity contribution in [2.45, 2.75) is 6.54 Å². The smallest absolute Gasteiger partial charge is 0.236 e. The Bertz CT molecular complexity index is 396. The van der Waals surface area contributed by atoms with Crippen molar-refractivity contribution in [3.8, 4) is 0 Å². The van der Waals surface area contributed by atoms with Crippen LogP contribution in [0.5, 0.6) is 0 Å². The molecule has 1 aromatic rings.